The van der Waals surface area contributed by atoms with Gasteiger partial charge in [0.15, 0.2) is 23.9 Å². The van der Waals surface area contributed by atoms with E-state index < -0.39 is 23.4 Å². The van der Waals surface area contributed by atoms with Crippen LogP contribution in [0.4, 0.5) is 5.69 Å². The molecule has 1 heterocycles. The number of carboxylic acids is 1. The molecule has 0 radical (unpaired) electrons. The number of para-hydroxylation sites is 2. The van der Waals surface area contributed by atoms with Gasteiger partial charge in [-0.25, -0.2) is 10.2 Å². The number of hydrazone groups is 1. The monoisotopic (exact) mass is 483 g/mol. The van der Waals surface area contributed by atoms with Crippen molar-refractivity contribution in [1.29, 1.82) is 0 Å². The first-order valence-electron chi connectivity index (χ1n) is 10.3. The predicted molar refractivity (Wildman–Crippen MR) is 122 cm³/mol. The van der Waals surface area contributed by atoms with Gasteiger partial charge in [0.05, 0.1) is 17.7 Å². The maximum absolute atomic E-state index is 12.0. The van der Waals surface area contributed by atoms with E-state index in [2.05, 4.69) is 10.5 Å². The lowest BCUT2D eigenvalue weighted by atomic mass is 10.2. The summed E-state index contributed by atoms with van der Waals surface area (Å²) in [5, 5.41) is 23.8. The van der Waals surface area contributed by atoms with E-state index in [0.717, 1.165) is 0 Å². The van der Waals surface area contributed by atoms with Gasteiger partial charge in [-0.3, -0.25) is 14.9 Å². The average molecular weight is 483 g/mol. The van der Waals surface area contributed by atoms with Crippen molar-refractivity contribution in [2.45, 2.75) is 13.5 Å². The third-order valence-corrected chi connectivity index (χ3v) is 4.33. The summed E-state index contributed by atoms with van der Waals surface area (Å²) in [4.78, 5) is 33.3. The van der Waals surface area contributed by atoms with Gasteiger partial charge < -0.3 is 23.7 Å². The molecule has 0 saturated carbocycles. The van der Waals surface area contributed by atoms with E-state index in [1.54, 1.807) is 31.2 Å². The quantitative estimate of drug-likeness (QED) is 0.223. The molecule has 3 rings (SSSR count). The molecule has 182 valence electrons. The van der Waals surface area contributed by atoms with E-state index in [0.29, 0.717) is 29.4 Å². The van der Waals surface area contributed by atoms with Gasteiger partial charge >= 0.3 is 11.7 Å². The number of rotatable bonds is 12. The predicted octanol–water partition coefficient (Wildman–Crippen LogP) is 3.39. The molecule has 2 aromatic carbocycles. The molecular formula is C23H21N3O9. The first-order chi connectivity index (χ1) is 16.9. The van der Waals surface area contributed by atoms with E-state index in [1.165, 1.54) is 36.5 Å². The summed E-state index contributed by atoms with van der Waals surface area (Å²) in [6.07, 6.45) is 1.38. The number of ether oxygens (including phenoxy) is 3. The summed E-state index contributed by atoms with van der Waals surface area (Å²) < 4.78 is 21.6. The highest BCUT2D eigenvalue weighted by molar-refractivity contribution is 5.84. The molecule has 12 nitrogen and oxygen atoms in total. The number of aromatic carboxylic acids is 1. The normalized spacial score (nSPS) is 10.7. The number of nitro benzene ring substituents is 1. The molecule has 1 amide bonds. The van der Waals surface area contributed by atoms with Crippen LogP contribution in [0, 0.1) is 10.1 Å². The van der Waals surface area contributed by atoms with Crippen LogP contribution in [-0.2, 0) is 11.4 Å². The number of nitrogens with zero attached hydrogens (tertiary/aromatic N) is 2. The fourth-order valence-corrected chi connectivity index (χ4v) is 2.80. The van der Waals surface area contributed by atoms with Crippen molar-refractivity contribution in [2.24, 2.45) is 5.10 Å². The first kappa shape index (κ1) is 24.8. The molecule has 12 heteroatoms. The SMILES string of the molecule is CCOc1cc(C=NNC(=O)COc2ccccc2[N+](=O)[O-])ccc1OCc1ccc(C(=O)O)o1. The zero-order valence-electron chi connectivity index (χ0n) is 18.5. The molecule has 1 aromatic heterocycles. The van der Waals surface area contributed by atoms with E-state index in [1.807, 2.05) is 0 Å². The highest BCUT2D eigenvalue weighted by Gasteiger charge is 2.15. The second-order valence-electron chi connectivity index (χ2n) is 6.81. The number of hydrogen-bond acceptors (Lipinski definition) is 9. The van der Waals surface area contributed by atoms with Gasteiger partial charge in [-0.05, 0) is 48.9 Å². The summed E-state index contributed by atoms with van der Waals surface area (Å²) in [6.45, 7) is 1.69. The van der Waals surface area contributed by atoms with Crippen LogP contribution in [0.25, 0.3) is 0 Å². The van der Waals surface area contributed by atoms with E-state index in [-0.39, 0.29) is 23.8 Å². The second-order valence-corrected chi connectivity index (χ2v) is 6.81. The molecular weight excluding hydrogens is 462 g/mol. The molecule has 0 aliphatic heterocycles. The number of carboxylic acid groups (broad SMARTS) is 1. The van der Waals surface area contributed by atoms with E-state index >= 15 is 0 Å². The van der Waals surface area contributed by atoms with Gasteiger partial charge in [0.2, 0.25) is 5.76 Å². The summed E-state index contributed by atoms with van der Waals surface area (Å²) in [6, 6.07) is 13.5. The third-order valence-electron chi connectivity index (χ3n) is 4.33. The molecule has 2 N–H and O–H groups in total. The molecule has 0 saturated heterocycles. The maximum atomic E-state index is 12.0. The van der Waals surface area contributed by atoms with Gasteiger partial charge in [-0.15, -0.1) is 0 Å². The van der Waals surface area contributed by atoms with Crippen LogP contribution in [0.15, 0.2) is 64.1 Å². The minimum Gasteiger partial charge on any atom is -0.490 e. The first-order valence-corrected chi connectivity index (χ1v) is 10.3. The Kier molecular flexibility index (Phi) is 8.38. The largest absolute Gasteiger partial charge is 0.490 e. The molecule has 0 bridgehead atoms. The summed E-state index contributed by atoms with van der Waals surface area (Å²) in [7, 11) is 0. The Labute approximate surface area is 198 Å². The van der Waals surface area contributed by atoms with Gasteiger partial charge in [0.25, 0.3) is 5.91 Å². The smallest absolute Gasteiger partial charge is 0.371 e. The lowest BCUT2D eigenvalue weighted by Crippen LogP contribution is -2.24. The number of hydrogen-bond donors (Lipinski definition) is 2. The van der Waals surface area contributed by atoms with E-state index in [9.17, 15) is 19.7 Å². The van der Waals surface area contributed by atoms with Crippen LogP contribution < -0.4 is 19.6 Å². The lowest BCUT2D eigenvalue weighted by molar-refractivity contribution is -0.385. The van der Waals surface area contributed by atoms with Crippen molar-refractivity contribution < 1.29 is 38.2 Å². The Morgan fingerprint density at radius 3 is 2.60 bits per heavy atom. The van der Waals surface area contributed by atoms with Gasteiger partial charge in [-0.2, -0.15) is 5.10 Å². The van der Waals surface area contributed by atoms with Crippen LogP contribution in [0.5, 0.6) is 17.2 Å². The van der Waals surface area contributed by atoms with Crippen molar-refractivity contribution in [1.82, 2.24) is 5.43 Å². The average Bonchev–Trinajstić information content (AvgIpc) is 3.32. The van der Waals surface area contributed by atoms with Crippen molar-refractivity contribution in [3.05, 3.63) is 81.8 Å². The molecule has 0 unspecified atom stereocenters. The minimum absolute atomic E-state index is 0.00355. The number of carbonyl (C=O) groups is 2. The molecule has 0 atom stereocenters. The van der Waals surface area contributed by atoms with Crippen LogP contribution in [-0.4, -0.2) is 41.3 Å². The summed E-state index contributed by atoms with van der Waals surface area (Å²) >= 11 is 0. The zero-order valence-corrected chi connectivity index (χ0v) is 18.5. The summed E-state index contributed by atoms with van der Waals surface area (Å²) in [5.74, 6) is -0.844. The minimum atomic E-state index is -1.17. The number of benzene rings is 2. The maximum Gasteiger partial charge on any atom is 0.371 e. The number of carbonyl (C=O) groups excluding carboxylic acids is 1. The highest BCUT2D eigenvalue weighted by Crippen LogP contribution is 2.29. The Hall–Kier alpha value is -4.87. The van der Waals surface area contributed by atoms with Crippen LogP contribution in [0.2, 0.25) is 0 Å². The molecule has 35 heavy (non-hydrogen) atoms. The third kappa shape index (κ3) is 7.05. The fourth-order valence-electron chi connectivity index (χ4n) is 2.80. The van der Waals surface area contributed by atoms with Crippen molar-refractivity contribution in [2.75, 3.05) is 13.2 Å². The Bertz CT molecular complexity index is 1240. The van der Waals surface area contributed by atoms with Crippen LogP contribution >= 0.6 is 0 Å². The van der Waals surface area contributed by atoms with Crippen LogP contribution in [0.3, 0.4) is 0 Å². The van der Waals surface area contributed by atoms with Crippen molar-refractivity contribution in [3.63, 3.8) is 0 Å². The molecule has 0 aliphatic carbocycles. The van der Waals surface area contributed by atoms with Gasteiger partial charge in [0, 0.05) is 6.07 Å². The number of furan rings is 1. The van der Waals surface area contributed by atoms with Gasteiger partial charge in [-0.1, -0.05) is 12.1 Å². The Morgan fingerprint density at radius 2 is 1.89 bits per heavy atom. The second kappa shape index (κ2) is 11.8. The van der Waals surface area contributed by atoms with Gasteiger partial charge in [0.1, 0.15) is 12.4 Å². The number of nitro groups is 1. The Morgan fingerprint density at radius 1 is 1.09 bits per heavy atom. The highest BCUT2D eigenvalue weighted by atomic mass is 16.6. The number of amides is 1. The molecule has 0 fully saturated rings. The molecule has 0 spiro atoms. The zero-order chi connectivity index (χ0) is 25.2. The fraction of sp³-hybridized carbons (Fsp3) is 0.174. The molecule has 3 aromatic rings. The van der Waals surface area contributed by atoms with Crippen LogP contribution in [0.1, 0.15) is 28.8 Å². The standard InChI is InChI=1S/C23H21N3O9/c1-2-32-21-11-15(7-9-19(21)33-13-16-8-10-20(35-16)23(28)29)12-24-25-22(27)14-34-18-6-4-3-5-17(18)26(30)31/h3-12H,2,13-14H2,1H3,(H,25,27)(H,28,29). The Balaban J connectivity index is 1.56. The van der Waals surface area contributed by atoms with Crippen molar-refractivity contribution >= 4 is 23.8 Å². The van der Waals surface area contributed by atoms with E-state index in [4.69, 9.17) is 23.7 Å². The lowest BCUT2D eigenvalue weighted by Gasteiger charge is -2.11. The molecule has 0 aliphatic rings. The van der Waals surface area contributed by atoms with Crippen molar-refractivity contribution in [3.8, 4) is 17.2 Å². The number of nitrogens with one attached hydrogen (secondary N) is 1. The topological polar surface area (TPSA) is 163 Å². The summed E-state index contributed by atoms with van der Waals surface area (Å²) in [5.41, 5.74) is 2.62.